The Bertz CT molecular complexity index is 943. The van der Waals surface area contributed by atoms with Crippen LogP contribution in [-0.2, 0) is 38.0 Å². The molecule has 2 heterocycles. The van der Waals surface area contributed by atoms with E-state index in [-0.39, 0.29) is 4.90 Å². The van der Waals surface area contributed by atoms with Gasteiger partial charge in [-0.2, -0.15) is 8.42 Å². The lowest BCUT2D eigenvalue weighted by atomic mass is 10.0. The third-order valence-corrected chi connectivity index (χ3v) is 5.91. The van der Waals surface area contributed by atoms with Crippen molar-refractivity contribution in [3.05, 3.63) is 40.3 Å². The summed E-state index contributed by atoms with van der Waals surface area (Å²) in [7, 11) is -4.11. The molecule has 30 heavy (non-hydrogen) atoms. The molecule has 164 valence electrons. The van der Waals surface area contributed by atoms with Gasteiger partial charge in [-0.05, 0) is 38.4 Å². The number of esters is 1. The summed E-state index contributed by atoms with van der Waals surface area (Å²) in [5, 5.41) is 3.60. The maximum absolute atomic E-state index is 12.5. The molecule has 0 spiro atoms. The van der Waals surface area contributed by atoms with Crippen molar-refractivity contribution in [1.82, 2.24) is 0 Å². The van der Waals surface area contributed by atoms with Crippen molar-refractivity contribution < 1.29 is 36.3 Å². The summed E-state index contributed by atoms with van der Waals surface area (Å²) in [4.78, 5) is 14.3. The molecule has 2 fully saturated rings. The molecular formula is C18H23N3O8S. The van der Waals surface area contributed by atoms with Crippen molar-refractivity contribution >= 4 is 16.1 Å². The van der Waals surface area contributed by atoms with Crippen LogP contribution in [0.2, 0.25) is 0 Å². The molecule has 11 nitrogen and oxygen atoms in total. The van der Waals surface area contributed by atoms with Crippen LogP contribution >= 0.6 is 0 Å². The molecule has 0 aliphatic carbocycles. The van der Waals surface area contributed by atoms with E-state index in [1.165, 1.54) is 19.1 Å². The van der Waals surface area contributed by atoms with Gasteiger partial charge < -0.3 is 18.9 Å². The predicted octanol–water partition coefficient (Wildman–Crippen LogP) is 2.19. The van der Waals surface area contributed by atoms with Crippen LogP contribution in [0.25, 0.3) is 10.4 Å². The Hall–Kier alpha value is -2.21. The maximum Gasteiger partial charge on any atom is 0.303 e. The van der Waals surface area contributed by atoms with Crippen molar-refractivity contribution in [1.29, 1.82) is 0 Å². The van der Waals surface area contributed by atoms with Crippen molar-refractivity contribution in [3.63, 3.8) is 0 Å². The number of carbonyl (C=O) groups is 1. The summed E-state index contributed by atoms with van der Waals surface area (Å²) in [6.07, 6.45) is -3.64. The van der Waals surface area contributed by atoms with Crippen LogP contribution < -0.4 is 0 Å². The first-order chi connectivity index (χ1) is 14.0. The lowest BCUT2D eigenvalue weighted by molar-refractivity contribution is -0.221. The molecular weight excluding hydrogens is 418 g/mol. The lowest BCUT2D eigenvalue weighted by Crippen LogP contribution is -2.44. The van der Waals surface area contributed by atoms with Crippen molar-refractivity contribution in [2.24, 2.45) is 5.11 Å². The first-order valence-corrected chi connectivity index (χ1v) is 10.6. The van der Waals surface area contributed by atoms with Crippen LogP contribution in [0.15, 0.2) is 34.3 Å². The van der Waals surface area contributed by atoms with E-state index in [1.54, 1.807) is 26.0 Å². The summed E-state index contributed by atoms with van der Waals surface area (Å²) in [6, 6.07) is 4.97. The molecule has 0 bridgehead atoms. The van der Waals surface area contributed by atoms with Crippen molar-refractivity contribution in [2.45, 2.75) is 69.0 Å². The summed E-state index contributed by atoms with van der Waals surface area (Å²) in [6.45, 7) is 5.87. The molecule has 0 N–H and O–H groups in total. The number of nitrogens with zero attached hydrogens (tertiary/aromatic N) is 3. The molecule has 3 rings (SSSR count). The zero-order valence-corrected chi connectivity index (χ0v) is 17.7. The van der Waals surface area contributed by atoms with E-state index in [1.807, 2.05) is 6.92 Å². The Balaban J connectivity index is 1.78. The first kappa shape index (κ1) is 22.5. The molecule has 2 saturated heterocycles. The van der Waals surface area contributed by atoms with Gasteiger partial charge in [-0.25, -0.2) is 0 Å². The van der Waals surface area contributed by atoms with Gasteiger partial charge in [0, 0.05) is 11.8 Å². The summed E-state index contributed by atoms with van der Waals surface area (Å²) in [5.41, 5.74) is 9.84. The quantitative estimate of drug-likeness (QED) is 0.206. The first-order valence-electron chi connectivity index (χ1n) is 9.21. The topological polar surface area (TPSA) is 146 Å². The number of ether oxygens (including phenoxy) is 4. The van der Waals surface area contributed by atoms with Crippen LogP contribution in [-0.4, -0.2) is 57.4 Å². The fourth-order valence-electron chi connectivity index (χ4n) is 3.33. The third kappa shape index (κ3) is 4.91. The van der Waals surface area contributed by atoms with Crippen LogP contribution in [0.4, 0.5) is 0 Å². The second kappa shape index (κ2) is 8.50. The van der Waals surface area contributed by atoms with Gasteiger partial charge in [0.1, 0.15) is 6.10 Å². The zero-order valence-electron chi connectivity index (χ0n) is 16.9. The number of rotatable bonds is 7. The number of fused-ring (bicyclic) bond motifs is 1. The number of aryl methyl sites for hydroxylation is 1. The number of hydrogen-bond donors (Lipinski definition) is 0. The van der Waals surface area contributed by atoms with Gasteiger partial charge in [0.15, 0.2) is 24.3 Å². The zero-order chi connectivity index (χ0) is 22.1. The monoisotopic (exact) mass is 441 g/mol. The minimum Gasteiger partial charge on any atom is -0.457 e. The Morgan fingerprint density at radius 1 is 1.30 bits per heavy atom. The second-order valence-corrected chi connectivity index (χ2v) is 9.08. The van der Waals surface area contributed by atoms with Gasteiger partial charge in [0.25, 0.3) is 10.1 Å². The second-order valence-electron chi connectivity index (χ2n) is 7.47. The number of carbonyl (C=O) groups excluding carboxylic acids is 1. The highest BCUT2D eigenvalue weighted by molar-refractivity contribution is 7.86. The maximum atomic E-state index is 12.5. The van der Waals surface area contributed by atoms with Gasteiger partial charge in [-0.1, -0.05) is 22.8 Å². The fraction of sp³-hybridized carbons (Fsp3) is 0.611. The standard InChI is InChI=1S/C18H23N3O8S/c1-10-5-7-12(8-6-10)30(23,24)25-9-13(20-21-19)14-15(26-11(2)22)16-17(27-14)29-18(3,4)28-16/h5-8,13-17H,9H2,1-4H3/t13-,14-,15+,16-,17-/m1/s1. The van der Waals surface area contributed by atoms with E-state index in [0.29, 0.717) is 0 Å². The van der Waals surface area contributed by atoms with E-state index in [9.17, 15) is 13.2 Å². The van der Waals surface area contributed by atoms with Gasteiger partial charge in [0.2, 0.25) is 0 Å². The van der Waals surface area contributed by atoms with Crippen LogP contribution in [0.3, 0.4) is 0 Å². The lowest BCUT2D eigenvalue weighted by Gasteiger charge is -2.28. The van der Waals surface area contributed by atoms with Crippen LogP contribution in [0.1, 0.15) is 26.3 Å². The van der Waals surface area contributed by atoms with E-state index in [4.69, 9.17) is 28.7 Å². The number of benzene rings is 1. The number of hydrogen-bond acceptors (Lipinski definition) is 9. The molecule has 0 saturated carbocycles. The highest BCUT2D eigenvalue weighted by atomic mass is 32.2. The van der Waals surface area contributed by atoms with Crippen molar-refractivity contribution in [3.8, 4) is 0 Å². The minimum absolute atomic E-state index is 0.0399. The average molecular weight is 441 g/mol. The average Bonchev–Trinajstić information content (AvgIpc) is 3.11. The third-order valence-electron chi connectivity index (χ3n) is 4.61. The molecule has 12 heteroatoms. The molecule has 1 aromatic carbocycles. The highest BCUT2D eigenvalue weighted by Gasteiger charge is 2.58. The Morgan fingerprint density at radius 3 is 2.57 bits per heavy atom. The molecule has 2 aliphatic rings. The van der Waals surface area contributed by atoms with Crippen LogP contribution in [0, 0.1) is 6.92 Å². The summed E-state index contributed by atoms with van der Waals surface area (Å²) >= 11 is 0. The molecule has 1 aromatic rings. The van der Waals surface area contributed by atoms with Crippen LogP contribution in [0.5, 0.6) is 0 Å². The van der Waals surface area contributed by atoms with E-state index in [2.05, 4.69) is 10.0 Å². The van der Waals surface area contributed by atoms with Gasteiger partial charge in [-0.15, -0.1) is 0 Å². The predicted molar refractivity (Wildman–Crippen MR) is 102 cm³/mol. The molecule has 0 radical (unpaired) electrons. The SMILES string of the molecule is CC(=O)O[C@@H]1[C@H]2OC(C)(C)O[C@H]2O[C@@H]1[C@@H](COS(=O)(=O)c1ccc(C)cc1)N=[N+]=[N-]. The van der Waals surface area contributed by atoms with E-state index in [0.717, 1.165) is 5.56 Å². The molecule has 0 amide bonds. The largest absolute Gasteiger partial charge is 0.457 e. The Kier molecular flexibility index (Phi) is 6.37. The summed E-state index contributed by atoms with van der Waals surface area (Å²) < 4.78 is 52.5. The van der Waals surface area contributed by atoms with Gasteiger partial charge >= 0.3 is 5.97 Å². The number of azide groups is 1. The summed E-state index contributed by atoms with van der Waals surface area (Å²) in [5.74, 6) is -1.56. The van der Waals surface area contributed by atoms with Gasteiger partial charge in [-0.3, -0.25) is 8.98 Å². The minimum atomic E-state index is -4.11. The fourth-order valence-corrected chi connectivity index (χ4v) is 4.26. The Labute approximate surface area is 173 Å². The normalized spacial score (nSPS) is 28.4. The van der Waals surface area contributed by atoms with E-state index < -0.39 is 59.1 Å². The smallest absolute Gasteiger partial charge is 0.303 e. The van der Waals surface area contributed by atoms with Crippen molar-refractivity contribution in [2.75, 3.05) is 6.61 Å². The highest BCUT2D eigenvalue weighted by Crippen LogP contribution is 2.40. The van der Waals surface area contributed by atoms with Gasteiger partial charge in [0.05, 0.1) is 17.5 Å². The molecule has 2 aliphatic heterocycles. The molecule has 0 unspecified atom stereocenters. The molecule has 0 aromatic heterocycles. The van der Waals surface area contributed by atoms with E-state index >= 15 is 0 Å². The Morgan fingerprint density at radius 2 is 1.97 bits per heavy atom. The molecule has 5 atom stereocenters.